The molecule has 1 rings (SSSR count). The van der Waals surface area contributed by atoms with Gasteiger partial charge in [-0.1, -0.05) is 38.7 Å². The first kappa shape index (κ1) is 16.2. The standard InChI is InChI=1S/C16H29NO2/c1-3-5-6-7-8-10-14(4-2)16(18)17-13-15-11-9-12-19-15/h4,15H,3,5-13H2,1-2H3,(H,17,18). The van der Waals surface area contributed by atoms with Crippen LogP contribution in [0.3, 0.4) is 0 Å². The predicted molar refractivity (Wildman–Crippen MR) is 79.1 cm³/mol. The van der Waals surface area contributed by atoms with E-state index in [0.717, 1.165) is 37.9 Å². The summed E-state index contributed by atoms with van der Waals surface area (Å²) < 4.78 is 5.51. The fraction of sp³-hybridized carbons (Fsp3) is 0.812. The van der Waals surface area contributed by atoms with Crippen molar-refractivity contribution in [1.29, 1.82) is 0 Å². The third kappa shape index (κ3) is 6.76. The lowest BCUT2D eigenvalue weighted by Crippen LogP contribution is -2.32. The van der Waals surface area contributed by atoms with Crippen LogP contribution in [0.1, 0.15) is 65.2 Å². The maximum Gasteiger partial charge on any atom is 0.246 e. The molecule has 1 fully saturated rings. The Labute approximate surface area is 117 Å². The molecule has 0 aliphatic carbocycles. The lowest BCUT2D eigenvalue weighted by atomic mass is 10.0. The number of nitrogens with one attached hydrogen (secondary N) is 1. The highest BCUT2D eigenvalue weighted by molar-refractivity contribution is 5.93. The number of hydrogen-bond donors (Lipinski definition) is 1. The normalized spacial score (nSPS) is 19.7. The predicted octanol–water partition coefficient (Wildman–Crippen LogP) is 3.59. The number of allylic oxidation sites excluding steroid dienone is 1. The number of carbonyl (C=O) groups is 1. The Bertz CT molecular complexity index is 280. The third-order valence-corrected chi connectivity index (χ3v) is 3.70. The van der Waals surface area contributed by atoms with E-state index >= 15 is 0 Å². The third-order valence-electron chi connectivity index (χ3n) is 3.70. The molecule has 3 heteroatoms. The van der Waals surface area contributed by atoms with E-state index in [1.807, 2.05) is 13.0 Å². The zero-order valence-corrected chi connectivity index (χ0v) is 12.5. The zero-order valence-electron chi connectivity index (χ0n) is 12.5. The average molecular weight is 267 g/mol. The lowest BCUT2D eigenvalue weighted by Gasteiger charge is -2.12. The maximum atomic E-state index is 12.0. The molecule has 0 aromatic heterocycles. The smallest absolute Gasteiger partial charge is 0.246 e. The molecule has 1 N–H and O–H groups in total. The molecule has 1 amide bonds. The SMILES string of the molecule is CC=C(CCCCCCC)C(=O)NCC1CCCO1. The number of hydrogen-bond acceptors (Lipinski definition) is 2. The number of ether oxygens (including phenoxy) is 1. The van der Waals surface area contributed by atoms with Crippen LogP contribution in [-0.4, -0.2) is 25.2 Å². The van der Waals surface area contributed by atoms with Gasteiger partial charge < -0.3 is 10.1 Å². The van der Waals surface area contributed by atoms with Gasteiger partial charge in [0, 0.05) is 18.7 Å². The van der Waals surface area contributed by atoms with Gasteiger partial charge in [-0.25, -0.2) is 0 Å². The molecule has 0 bridgehead atoms. The van der Waals surface area contributed by atoms with Crippen LogP contribution in [0.5, 0.6) is 0 Å². The molecular weight excluding hydrogens is 238 g/mol. The molecule has 1 saturated heterocycles. The Hall–Kier alpha value is -0.830. The molecular formula is C16H29NO2. The van der Waals surface area contributed by atoms with Crippen LogP contribution >= 0.6 is 0 Å². The first-order valence-electron chi connectivity index (χ1n) is 7.83. The minimum absolute atomic E-state index is 0.0912. The van der Waals surface area contributed by atoms with Crippen molar-refractivity contribution in [3.05, 3.63) is 11.6 Å². The van der Waals surface area contributed by atoms with Crippen molar-refractivity contribution in [3.8, 4) is 0 Å². The maximum absolute atomic E-state index is 12.0. The average Bonchev–Trinajstić information content (AvgIpc) is 2.93. The first-order valence-corrected chi connectivity index (χ1v) is 7.83. The summed E-state index contributed by atoms with van der Waals surface area (Å²) in [7, 11) is 0. The van der Waals surface area contributed by atoms with Crippen molar-refractivity contribution >= 4 is 5.91 Å². The van der Waals surface area contributed by atoms with Crippen LogP contribution in [-0.2, 0) is 9.53 Å². The van der Waals surface area contributed by atoms with Gasteiger partial charge in [-0.05, 0) is 32.6 Å². The second-order valence-electron chi connectivity index (χ2n) is 5.32. The Morgan fingerprint density at radius 1 is 1.32 bits per heavy atom. The molecule has 1 aliphatic heterocycles. The topological polar surface area (TPSA) is 38.3 Å². The number of amides is 1. The minimum atomic E-state index is 0.0912. The monoisotopic (exact) mass is 267 g/mol. The fourth-order valence-electron chi connectivity index (χ4n) is 2.43. The number of carbonyl (C=O) groups excluding carboxylic acids is 1. The summed E-state index contributed by atoms with van der Waals surface area (Å²) in [5.74, 6) is 0.0912. The van der Waals surface area contributed by atoms with Crippen LogP contribution in [0.2, 0.25) is 0 Å². The molecule has 0 aromatic rings. The summed E-state index contributed by atoms with van der Waals surface area (Å²) >= 11 is 0. The van der Waals surface area contributed by atoms with Crippen LogP contribution in [0.4, 0.5) is 0 Å². The van der Waals surface area contributed by atoms with Gasteiger partial charge in [0.1, 0.15) is 0 Å². The van der Waals surface area contributed by atoms with Gasteiger partial charge in [-0.3, -0.25) is 4.79 Å². The van der Waals surface area contributed by atoms with Crippen LogP contribution in [0, 0.1) is 0 Å². The molecule has 1 atom stereocenters. The van der Waals surface area contributed by atoms with E-state index in [-0.39, 0.29) is 12.0 Å². The van der Waals surface area contributed by atoms with Crippen molar-refractivity contribution < 1.29 is 9.53 Å². The van der Waals surface area contributed by atoms with Gasteiger partial charge in [0.15, 0.2) is 0 Å². The molecule has 19 heavy (non-hydrogen) atoms. The summed E-state index contributed by atoms with van der Waals surface area (Å²) in [4.78, 5) is 12.0. The van der Waals surface area contributed by atoms with E-state index in [0.29, 0.717) is 6.54 Å². The van der Waals surface area contributed by atoms with Gasteiger partial charge in [0.05, 0.1) is 6.10 Å². The van der Waals surface area contributed by atoms with Gasteiger partial charge in [0.25, 0.3) is 0 Å². The quantitative estimate of drug-likeness (QED) is 0.512. The Balaban J connectivity index is 2.16. The Morgan fingerprint density at radius 3 is 2.74 bits per heavy atom. The highest BCUT2D eigenvalue weighted by Crippen LogP contribution is 2.13. The lowest BCUT2D eigenvalue weighted by molar-refractivity contribution is -0.118. The number of unbranched alkanes of at least 4 members (excludes halogenated alkanes) is 4. The van der Waals surface area contributed by atoms with Crippen molar-refractivity contribution in [1.82, 2.24) is 5.32 Å². The van der Waals surface area contributed by atoms with Crippen molar-refractivity contribution in [2.24, 2.45) is 0 Å². The first-order chi connectivity index (χ1) is 9.27. The van der Waals surface area contributed by atoms with E-state index in [9.17, 15) is 4.79 Å². The van der Waals surface area contributed by atoms with E-state index in [1.165, 1.54) is 25.7 Å². The summed E-state index contributed by atoms with van der Waals surface area (Å²) in [6.45, 7) is 5.67. The fourth-order valence-corrected chi connectivity index (χ4v) is 2.43. The molecule has 1 unspecified atom stereocenters. The zero-order chi connectivity index (χ0) is 13.9. The van der Waals surface area contributed by atoms with Gasteiger partial charge in [0.2, 0.25) is 5.91 Å². The minimum Gasteiger partial charge on any atom is -0.376 e. The van der Waals surface area contributed by atoms with Crippen molar-refractivity contribution in [2.75, 3.05) is 13.2 Å². The highest BCUT2D eigenvalue weighted by Gasteiger charge is 2.17. The van der Waals surface area contributed by atoms with Crippen molar-refractivity contribution in [3.63, 3.8) is 0 Å². The second-order valence-corrected chi connectivity index (χ2v) is 5.32. The van der Waals surface area contributed by atoms with Gasteiger partial charge in [-0.15, -0.1) is 0 Å². The molecule has 110 valence electrons. The van der Waals surface area contributed by atoms with E-state index in [4.69, 9.17) is 4.74 Å². The molecule has 0 radical (unpaired) electrons. The number of rotatable bonds is 9. The van der Waals surface area contributed by atoms with E-state index in [2.05, 4.69) is 12.2 Å². The van der Waals surface area contributed by atoms with E-state index in [1.54, 1.807) is 0 Å². The highest BCUT2D eigenvalue weighted by atomic mass is 16.5. The molecule has 1 aliphatic rings. The Morgan fingerprint density at radius 2 is 2.11 bits per heavy atom. The molecule has 1 heterocycles. The van der Waals surface area contributed by atoms with Crippen molar-refractivity contribution in [2.45, 2.75) is 71.3 Å². The van der Waals surface area contributed by atoms with E-state index < -0.39 is 0 Å². The molecule has 0 saturated carbocycles. The molecule has 0 spiro atoms. The second kappa shape index (κ2) is 10.0. The van der Waals surface area contributed by atoms with Crippen LogP contribution in [0.25, 0.3) is 0 Å². The van der Waals surface area contributed by atoms with Gasteiger partial charge in [-0.2, -0.15) is 0 Å². The molecule has 0 aromatic carbocycles. The summed E-state index contributed by atoms with van der Waals surface area (Å²) in [5.41, 5.74) is 0.925. The van der Waals surface area contributed by atoms with Crippen LogP contribution in [0.15, 0.2) is 11.6 Å². The van der Waals surface area contributed by atoms with Crippen LogP contribution < -0.4 is 5.32 Å². The Kier molecular flexibility index (Phi) is 8.55. The summed E-state index contributed by atoms with van der Waals surface area (Å²) in [6, 6.07) is 0. The van der Waals surface area contributed by atoms with Gasteiger partial charge >= 0.3 is 0 Å². The summed E-state index contributed by atoms with van der Waals surface area (Å²) in [6.07, 6.45) is 11.5. The summed E-state index contributed by atoms with van der Waals surface area (Å²) in [5, 5.41) is 3.00. The molecule has 3 nitrogen and oxygen atoms in total. The largest absolute Gasteiger partial charge is 0.376 e.